The van der Waals surface area contributed by atoms with E-state index >= 15 is 0 Å². The zero-order valence-corrected chi connectivity index (χ0v) is 11.4. The molecule has 1 aromatic rings. The first-order valence-corrected chi connectivity index (χ1v) is 6.70. The van der Waals surface area contributed by atoms with E-state index in [0.29, 0.717) is 23.6 Å². The molecular weight excluding hydrogens is 268 g/mol. The predicted molar refractivity (Wildman–Crippen MR) is 72.6 cm³/mol. The Kier molecular flexibility index (Phi) is 4.04. The third-order valence-electron chi connectivity index (χ3n) is 3.23. The van der Waals surface area contributed by atoms with Crippen LogP contribution in [0.5, 0.6) is 0 Å². The second-order valence-corrected chi connectivity index (χ2v) is 5.05. The number of nitro groups is 1. The quantitative estimate of drug-likeness (QED) is 0.474. The van der Waals surface area contributed by atoms with Crippen molar-refractivity contribution in [3.05, 3.63) is 39.4 Å². The Morgan fingerprint density at radius 3 is 2.68 bits per heavy atom. The Hall–Kier alpha value is -1.62. The second kappa shape index (κ2) is 5.57. The van der Waals surface area contributed by atoms with Gasteiger partial charge in [-0.2, -0.15) is 0 Å². The fourth-order valence-electron chi connectivity index (χ4n) is 2.08. The summed E-state index contributed by atoms with van der Waals surface area (Å²) in [6.07, 6.45) is 2.02. The summed E-state index contributed by atoms with van der Waals surface area (Å²) in [5, 5.41) is 10.7. The van der Waals surface area contributed by atoms with E-state index in [4.69, 9.17) is 11.6 Å². The van der Waals surface area contributed by atoms with E-state index in [2.05, 4.69) is 0 Å². The molecule has 1 saturated carbocycles. The molecule has 0 radical (unpaired) electrons. The van der Waals surface area contributed by atoms with Crippen molar-refractivity contribution in [1.29, 1.82) is 0 Å². The van der Waals surface area contributed by atoms with E-state index in [1.54, 1.807) is 11.8 Å². The first-order chi connectivity index (χ1) is 9.04. The van der Waals surface area contributed by atoms with Crippen molar-refractivity contribution in [3.8, 4) is 0 Å². The fourth-order valence-corrected chi connectivity index (χ4v) is 2.27. The van der Waals surface area contributed by atoms with Crippen LogP contribution in [0.3, 0.4) is 0 Å². The zero-order valence-electron chi connectivity index (χ0n) is 10.6. The number of rotatable bonds is 5. The summed E-state index contributed by atoms with van der Waals surface area (Å²) in [7, 11) is 0. The topological polar surface area (TPSA) is 63.5 Å². The SMILES string of the molecule is Cc1cc([N+](=O)[O-])ccc1C(=O)N(CCCl)C1CC1. The predicted octanol–water partition coefficient (Wildman–Crippen LogP) is 2.75. The van der Waals surface area contributed by atoms with Crippen LogP contribution >= 0.6 is 11.6 Å². The fraction of sp³-hybridized carbons (Fsp3) is 0.462. The van der Waals surface area contributed by atoms with Crippen molar-refractivity contribution < 1.29 is 9.72 Å². The van der Waals surface area contributed by atoms with Crippen LogP contribution in [0.15, 0.2) is 18.2 Å². The minimum atomic E-state index is -0.460. The van der Waals surface area contributed by atoms with Crippen LogP contribution in [0.2, 0.25) is 0 Å². The number of amides is 1. The molecule has 0 aromatic heterocycles. The number of carbonyl (C=O) groups is 1. The molecule has 1 amide bonds. The molecule has 0 saturated heterocycles. The normalized spacial score (nSPS) is 14.2. The van der Waals surface area contributed by atoms with E-state index in [-0.39, 0.29) is 17.6 Å². The number of non-ortho nitro benzene ring substituents is 1. The minimum absolute atomic E-state index is 0.00404. The van der Waals surface area contributed by atoms with Gasteiger partial charge in [0.25, 0.3) is 11.6 Å². The lowest BCUT2D eigenvalue weighted by Gasteiger charge is -2.22. The Labute approximate surface area is 116 Å². The third kappa shape index (κ3) is 3.04. The van der Waals surface area contributed by atoms with Crippen LogP contribution in [0.1, 0.15) is 28.8 Å². The molecule has 0 heterocycles. The summed E-state index contributed by atoms with van der Waals surface area (Å²) < 4.78 is 0. The summed E-state index contributed by atoms with van der Waals surface area (Å²) in [6, 6.07) is 4.60. The summed E-state index contributed by atoms with van der Waals surface area (Å²) in [5.41, 5.74) is 1.14. The van der Waals surface area contributed by atoms with Gasteiger partial charge < -0.3 is 4.90 Å². The number of hydrogen-bond acceptors (Lipinski definition) is 3. The van der Waals surface area contributed by atoms with E-state index in [1.165, 1.54) is 18.2 Å². The molecule has 5 nitrogen and oxygen atoms in total. The molecule has 1 aromatic carbocycles. The Bertz CT molecular complexity index is 515. The number of benzene rings is 1. The second-order valence-electron chi connectivity index (χ2n) is 4.68. The van der Waals surface area contributed by atoms with Crippen LogP contribution in [0.25, 0.3) is 0 Å². The molecule has 0 unspecified atom stereocenters. The van der Waals surface area contributed by atoms with Gasteiger partial charge in [0, 0.05) is 36.2 Å². The van der Waals surface area contributed by atoms with Crippen LogP contribution in [-0.2, 0) is 0 Å². The molecule has 0 bridgehead atoms. The van der Waals surface area contributed by atoms with Crippen molar-refractivity contribution in [2.75, 3.05) is 12.4 Å². The average molecular weight is 283 g/mol. The highest BCUT2D eigenvalue weighted by Gasteiger charge is 2.33. The molecule has 102 valence electrons. The van der Waals surface area contributed by atoms with Crippen LogP contribution in [-0.4, -0.2) is 34.2 Å². The first-order valence-electron chi connectivity index (χ1n) is 6.16. The smallest absolute Gasteiger partial charge is 0.269 e. The lowest BCUT2D eigenvalue weighted by Crippen LogP contribution is -2.35. The molecule has 0 atom stereocenters. The van der Waals surface area contributed by atoms with Gasteiger partial charge in [0.2, 0.25) is 0 Å². The molecule has 1 fully saturated rings. The van der Waals surface area contributed by atoms with Crippen molar-refractivity contribution in [1.82, 2.24) is 4.90 Å². The summed E-state index contributed by atoms with van der Waals surface area (Å²) in [6.45, 7) is 2.23. The maximum absolute atomic E-state index is 12.4. The summed E-state index contributed by atoms with van der Waals surface area (Å²) >= 11 is 5.72. The molecule has 1 aliphatic carbocycles. The van der Waals surface area contributed by atoms with Crippen molar-refractivity contribution in [2.45, 2.75) is 25.8 Å². The van der Waals surface area contributed by atoms with Gasteiger partial charge in [-0.15, -0.1) is 11.6 Å². The first kappa shape index (κ1) is 13.8. The van der Waals surface area contributed by atoms with Crippen LogP contribution in [0, 0.1) is 17.0 Å². The van der Waals surface area contributed by atoms with E-state index in [1.807, 2.05) is 0 Å². The number of carbonyl (C=O) groups excluding carboxylic acids is 1. The summed E-state index contributed by atoms with van der Waals surface area (Å²) in [5.74, 6) is 0.310. The number of nitro benzene ring substituents is 1. The number of alkyl halides is 1. The van der Waals surface area contributed by atoms with Gasteiger partial charge in [-0.25, -0.2) is 0 Å². The highest BCUT2D eigenvalue weighted by molar-refractivity contribution is 6.18. The highest BCUT2D eigenvalue weighted by Crippen LogP contribution is 2.29. The van der Waals surface area contributed by atoms with Crippen LogP contribution < -0.4 is 0 Å². The Morgan fingerprint density at radius 2 is 2.21 bits per heavy atom. The van der Waals surface area contributed by atoms with Crippen molar-refractivity contribution in [2.24, 2.45) is 0 Å². The summed E-state index contributed by atoms with van der Waals surface area (Å²) in [4.78, 5) is 24.4. The lowest BCUT2D eigenvalue weighted by molar-refractivity contribution is -0.384. The molecule has 2 rings (SSSR count). The van der Waals surface area contributed by atoms with Gasteiger partial charge in [-0.3, -0.25) is 14.9 Å². The molecule has 0 aliphatic heterocycles. The molecule has 0 N–H and O–H groups in total. The average Bonchev–Trinajstić information content (AvgIpc) is 3.19. The number of hydrogen-bond donors (Lipinski definition) is 0. The number of aryl methyl sites for hydroxylation is 1. The highest BCUT2D eigenvalue weighted by atomic mass is 35.5. The maximum Gasteiger partial charge on any atom is 0.269 e. The van der Waals surface area contributed by atoms with E-state index < -0.39 is 4.92 Å². The number of nitrogens with zero attached hydrogens (tertiary/aromatic N) is 2. The van der Waals surface area contributed by atoms with Gasteiger partial charge in [0.05, 0.1) is 4.92 Å². The standard InChI is InChI=1S/C13H15ClN2O3/c1-9-8-11(16(18)19)4-5-12(9)13(17)15(7-6-14)10-2-3-10/h4-5,8,10H,2-3,6-7H2,1H3. The molecule has 1 aliphatic rings. The minimum Gasteiger partial charge on any atom is -0.334 e. The zero-order chi connectivity index (χ0) is 14.0. The van der Waals surface area contributed by atoms with Gasteiger partial charge in [-0.1, -0.05) is 0 Å². The lowest BCUT2D eigenvalue weighted by atomic mass is 10.1. The molecule has 19 heavy (non-hydrogen) atoms. The van der Waals surface area contributed by atoms with Crippen molar-refractivity contribution >= 4 is 23.2 Å². The molecule has 0 spiro atoms. The maximum atomic E-state index is 12.4. The Balaban J connectivity index is 2.24. The third-order valence-corrected chi connectivity index (χ3v) is 3.39. The monoisotopic (exact) mass is 282 g/mol. The number of halogens is 1. The Morgan fingerprint density at radius 1 is 1.53 bits per heavy atom. The van der Waals surface area contributed by atoms with Gasteiger partial charge in [0.1, 0.15) is 0 Å². The van der Waals surface area contributed by atoms with Crippen LogP contribution in [0.4, 0.5) is 5.69 Å². The largest absolute Gasteiger partial charge is 0.334 e. The van der Waals surface area contributed by atoms with Gasteiger partial charge in [-0.05, 0) is 31.4 Å². The van der Waals surface area contributed by atoms with Gasteiger partial charge in [0.15, 0.2) is 0 Å². The van der Waals surface area contributed by atoms with Gasteiger partial charge >= 0.3 is 0 Å². The van der Waals surface area contributed by atoms with E-state index in [0.717, 1.165) is 12.8 Å². The van der Waals surface area contributed by atoms with E-state index in [9.17, 15) is 14.9 Å². The van der Waals surface area contributed by atoms with Crippen molar-refractivity contribution in [3.63, 3.8) is 0 Å². The molecular formula is C13H15ClN2O3. The molecule has 6 heteroatoms.